The number of carbonyl (C=O) groups is 1. The zero-order chi connectivity index (χ0) is 18.2. The first-order valence-electron chi connectivity index (χ1n) is 8.08. The summed E-state index contributed by atoms with van der Waals surface area (Å²) in [5, 5.41) is 15.3. The minimum absolute atomic E-state index is 0.00303. The van der Waals surface area contributed by atoms with Crippen LogP contribution >= 0.6 is 0 Å². The summed E-state index contributed by atoms with van der Waals surface area (Å²) in [6.07, 6.45) is -0.330. The fourth-order valence-electron chi connectivity index (χ4n) is 2.50. The van der Waals surface area contributed by atoms with Crippen LogP contribution in [0.2, 0.25) is 0 Å². The van der Waals surface area contributed by atoms with E-state index in [1.54, 1.807) is 13.2 Å². The Morgan fingerprint density at radius 2 is 2.04 bits per heavy atom. The largest absolute Gasteiger partial charge is 0.496 e. The van der Waals surface area contributed by atoms with E-state index in [9.17, 15) is 14.3 Å². The highest BCUT2D eigenvalue weighted by atomic mass is 19.1. The highest BCUT2D eigenvalue weighted by molar-refractivity contribution is 5.73. The predicted octanol–water partition coefficient (Wildman–Crippen LogP) is 2.72. The van der Waals surface area contributed by atoms with Gasteiger partial charge in [-0.05, 0) is 42.7 Å². The molecule has 5 nitrogen and oxygen atoms in total. The lowest BCUT2D eigenvalue weighted by molar-refractivity contribution is 0.173. The molecule has 0 aliphatic heterocycles. The van der Waals surface area contributed by atoms with E-state index in [2.05, 4.69) is 10.6 Å². The highest BCUT2D eigenvalue weighted by Crippen LogP contribution is 2.19. The number of ether oxygens (including phenoxy) is 1. The third kappa shape index (κ3) is 5.76. The van der Waals surface area contributed by atoms with E-state index in [0.717, 1.165) is 16.9 Å². The van der Waals surface area contributed by atoms with Crippen LogP contribution in [-0.2, 0) is 6.42 Å². The standard InChI is InChI=1S/C19H23FN2O3/c1-13-6-7-18(25-2)15(10-13)8-9-21-19(24)22-12-17(23)14-4-3-5-16(20)11-14/h3-7,10-11,17,23H,8-9,12H2,1-2H3,(H2,21,22,24). The van der Waals surface area contributed by atoms with E-state index in [1.165, 1.54) is 18.2 Å². The maximum Gasteiger partial charge on any atom is 0.314 e. The number of urea groups is 1. The van der Waals surface area contributed by atoms with Gasteiger partial charge in [-0.25, -0.2) is 9.18 Å². The number of halogens is 1. The Bertz CT molecular complexity index is 722. The van der Waals surface area contributed by atoms with Gasteiger partial charge in [-0.3, -0.25) is 0 Å². The Labute approximate surface area is 146 Å². The van der Waals surface area contributed by atoms with Crippen LogP contribution in [0.3, 0.4) is 0 Å². The van der Waals surface area contributed by atoms with E-state index in [4.69, 9.17) is 4.74 Å². The normalized spacial score (nSPS) is 11.7. The average molecular weight is 346 g/mol. The number of aliphatic hydroxyl groups is 1. The van der Waals surface area contributed by atoms with Crippen molar-refractivity contribution in [2.75, 3.05) is 20.2 Å². The first kappa shape index (κ1) is 18.7. The van der Waals surface area contributed by atoms with Crippen LogP contribution in [0.1, 0.15) is 22.8 Å². The summed E-state index contributed by atoms with van der Waals surface area (Å²) >= 11 is 0. The lowest BCUT2D eigenvalue weighted by Gasteiger charge is -2.14. The number of methoxy groups -OCH3 is 1. The number of amides is 2. The van der Waals surface area contributed by atoms with Gasteiger partial charge in [-0.1, -0.05) is 29.8 Å². The monoisotopic (exact) mass is 346 g/mol. The van der Waals surface area contributed by atoms with Crippen LogP contribution in [0.15, 0.2) is 42.5 Å². The number of benzene rings is 2. The Morgan fingerprint density at radius 3 is 2.76 bits per heavy atom. The molecule has 2 rings (SSSR count). The summed E-state index contributed by atoms with van der Waals surface area (Å²) in [5.74, 6) is 0.363. The molecule has 0 saturated heterocycles. The van der Waals surface area contributed by atoms with Gasteiger partial charge in [0.05, 0.1) is 13.2 Å². The molecule has 0 fully saturated rings. The van der Waals surface area contributed by atoms with Crippen molar-refractivity contribution in [3.05, 3.63) is 65.0 Å². The average Bonchev–Trinajstić information content (AvgIpc) is 2.60. The SMILES string of the molecule is COc1ccc(C)cc1CCNC(=O)NCC(O)c1cccc(F)c1. The Kier molecular flexibility index (Phi) is 6.77. The van der Waals surface area contributed by atoms with E-state index in [-0.39, 0.29) is 12.6 Å². The van der Waals surface area contributed by atoms with Gasteiger partial charge in [-0.2, -0.15) is 0 Å². The first-order chi connectivity index (χ1) is 12.0. The third-order valence-electron chi connectivity index (χ3n) is 3.81. The molecule has 0 bridgehead atoms. The maximum atomic E-state index is 13.1. The molecule has 25 heavy (non-hydrogen) atoms. The molecule has 2 amide bonds. The van der Waals surface area contributed by atoms with Crippen molar-refractivity contribution in [2.45, 2.75) is 19.4 Å². The van der Waals surface area contributed by atoms with Gasteiger partial charge in [-0.15, -0.1) is 0 Å². The fourth-order valence-corrected chi connectivity index (χ4v) is 2.50. The van der Waals surface area contributed by atoms with Crippen LogP contribution in [0, 0.1) is 12.7 Å². The van der Waals surface area contributed by atoms with Gasteiger partial charge >= 0.3 is 6.03 Å². The molecule has 2 aromatic rings. The highest BCUT2D eigenvalue weighted by Gasteiger charge is 2.10. The van der Waals surface area contributed by atoms with E-state index < -0.39 is 11.9 Å². The summed E-state index contributed by atoms with van der Waals surface area (Å²) in [6.45, 7) is 2.43. The van der Waals surface area contributed by atoms with Crippen molar-refractivity contribution in [1.29, 1.82) is 0 Å². The molecular formula is C19H23FN2O3. The molecule has 1 unspecified atom stereocenters. The quantitative estimate of drug-likeness (QED) is 0.722. The molecule has 0 aliphatic rings. The molecule has 0 aromatic heterocycles. The smallest absolute Gasteiger partial charge is 0.314 e. The summed E-state index contributed by atoms with van der Waals surface area (Å²) in [4.78, 5) is 11.8. The van der Waals surface area contributed by atoms with E-state index in [1.807, 2.05) is 25.1 Å². The van der Waals surface area contributed by atoms with Gasteiger partial charge < -0.3 is 20.5 Å². The predicted molar refractivity (Wildman–Crippen MR) is 94.2 cm³/mol. The van der Waals surface area contributed by atoms with Gasteiger partial charge in [0.15, 0.2) is 0 Å². The number of hydrogen-bond donors (Lipinski definition) is 3. The zero-order valence-corrected chi connectivity index (χ0v) is 14.4. The number of aryl methyl sites for hydroxylation is 1. The molecule has 0 radical (unpaired) electrons. The van der Waals surface area contributed by atoms with Crippen molar-refractivity contribution >= 4 is 6.03 Å². The van der Waals surface area contributed by atoms with E-state index in [0.29, 0.717) is 18.5 Å². The van der Waals surface area contributed by atoms with Gasteiger partial charge in [0.1, 0.15) is 11.6 Å². The number of rotatable bonds is 7. The van der Waals surface area contributed by atoms with Crippen molar-refractivity contribution in [1.82, 2.24) is 10.6 Å². The van der Waals surface area contributed by atoms with Gasteiger partial charge in [0, 0.05) is 13.1 Å². The molecule has 3 N–H and O–H groups in total. The first-order valence-corrected chi connectivity index (χ1v) is 8.08. The van der Waals surface area contributed by atoms with Crippen molar-refractivity contribution in [3.8, 4) is 5.75 Å². The minimum Gasteiger partial charge on any atom is -0.496 e. The zero-order valence-electron chi connectivity index (χ0n) is 14.4. The van der Waals surface area contributed by atoms with Gasteiger partial charge in [0.25, 0.3) is 0 Å². The number of aliphatic hydroxyl groups excluding tert-OH is 1. The second kappa shape index (κ2) is 9.03. The lowest BCUT2D eigenvalue weighted by Crippen LogP contribution is -2.38. The van der Waals surface area contributed by atoms with Crippen LogP contribution in [0.5, 0.6) is 5.75 Å². The molecule has 0 heterocycles. The molecule has 0 spiro atoms. The molecule has 0 saturated carbocycles. The maximum absolute atomic E-state index is 13.1. The number of nitrogens with one attached hydrogen (secondary N) is 2. The fraction of sp³-hybridized carbons (Fsp3) is 0.316. The topological polar surface area (TPSA) is 70.6 Å². The Hall–Kier alpha value is -2.60. The van der Waals surface area contributed by atoms with Crippen molar-refractivity contribution in [3.63, 3.8) is 0 Å². The summed E-state index contributed by atoms with van der Waals surface area (Å²) < 4.78 is 18.4. The summed E-state index contributed by atoms with van der Waals surface area (Å²) in [5.41, 5.74) is 2.56. The van der Waals surface area contributed by atoms with Gasteiger partial charge in [0.2, 0.25) is 0 Å². The molecule has 6 heteroatoms. The third-order valence-corrected chi connectivity index (χ3v) is 3.81. The second-order valence-electron chi connectivity index (χ2n) is 5.77. The summed E-state index contributed by atoms with van der Waals surface area (Å²) in [7, 11) is 1.61. The molecule has 0 aliphatic carbocycles. The molecular weight excluding hydrogens is 323 g/mol. The number of carbonyl (C=O) groups excluding carboxylic acids is 1. The van der Waals surface area contributed by atoms with Crippen molar-refractivity contribution in [2.24, 2.45) is 0 Å². The second-order valence-corrected chi connectivity index (χ2v) is 5.77. The molecule has 1 atom stereocenters. The van der Waals surface area contributed by atoms with Crippen LogP contribution in [0.4, 0.5) is 9.18 Å². The lowest BCUT2D eigenvalue weighted by atomic mass is 10.1. The molecule has 134 valence electrons. The number of hydrogen-bond acceptors (Lipinski definition) is 3. The Morgan fingerprint density at radius 1 is 1.24 bits per heavy atom. The van der Waals surface area contributed by atoms with E-state index >= 15 is 0 Å². The van der Waals surface area contributed by atoms with Crippen LogP contribution < -0.4 is 15.4 Å². The van der Waals surface area contributed by atoms with Crippen LogP contribution in [-0.4, -0.2) is 31.3 Å². The Balaban J connectivity index is 1.77. The van der Waals surface area contributed by atoms with Crippen LogP contribution in [0.25, 0.3) is 0 Å². The minimum atomic E-state index is -0.960. The molecule has 2 aromatic carbocycles. The summed E-state index contributed by atoms with van der Waals surface area (Å²) in [6, 6.07) is 11.2. The van der Waals surface area contributed by atoms with Crippen molar-refractivity contribution < 1.29 is 19.0 Å².